The molecule has 0 saturated heterocycles. The number of thiophene rings is 1. The molecule has 0 aromatic carbocycles. The van der Waals surface area contributed by atoms with Crippen molar-refractivity contribution >= 4 is 21.4 Å². The molecule has 86 valence electrons. The maximum Gasteiger partial charge on any atom is 0.250 e. The van der Waals surface area contributed by atoms with E-state index in [9.17, 15) is 12.8 Å². The van der Waals surface area contributed by atoms with Gasteiger partial charge in [0, 0.05) is 4.88 Å². The molecule has 6 heteroatoms. The Labute approximate surface area is 93.2 Å². The highest BCUT2D eigenvalue weighted by atomic mass is 32.2. The lowest BCUT2D eigenvalue weighted by Crippen LogP contribution is -2.13. The first-order chi connectivity index (χ1) is 6.68. The largest absolute Gasteiger partial charge is 0.250 e. The lowest BCUT2D eigenvalue weighted by atomic mass is 9.89. The molecule has 1 heterocycles. The summed E-state index contributed by atoms with van der Waals surface area (Å²) in [6, 6.07) is 1.26. The minimum atomic E-state index is -3.94. The van der Waals surface area contributed by atoms with Crippen LogP contribution in [-0.4, -0.2) is 8.42 Å². The number of sulfonamides is 1. The van der Waals surface area contributed by atoms with Gasteiger partial charge in [0.1, 0.15) is 0 Å². The molecule has 1 rings (SSSR count). The Morgan fingerprint density at radius 1 is 1.53 bits per heavy atom. The van der Waals surface area contributed by atoms with Gasteiger partial charge in [-0.3, -0.25) is 0 Å². The lowest BCUT2D eigenvalue weighted by Gasteiger charge is -2.20. The van der Waals surface area contributed by atoms with Crippen molar-refractivity contribution in [3.63, 3.8) is 0 Å². The van der Waals surface area contributed by atoms with E-state index in [1.54, 1.807) is 0 Å². The van der Waals surface area contributed by atoms with Gasteiger partial charge in [-0.2, -0.15) is 0 Å². The number of rotatable bonds is 3. The van der Waals surface area contributed by atoms with Gasteiger partial charge in [0.05, 0.1) is 0 Å². The van der Waals surface area contributed by atoms with E-state index in [4.69, 9.17) is 5.14 Å². The molecule has 0 unspecified atom stereocenters. The fourth-order valence-corrected chi connectivity index (χ4v) is 3.06. The average molecular weight is 251 g/mol. The zero-order valence-corrected chi connectivity index (χ0v) is 10.5. The predicted molar refractivity (Wildman–Crippen MR) is 59.0 cm³/mol. The number of halogens is 1. The molecule has 0 aliphatic carbocycles. The summed E-state index contributed by atoms with van der Waals surface area (Å²) in [5.41, 5.74) is -0.228. The summed E-state index contributed by atoms with van der Waals surface area (Å²) in [6.45, 7) is 5.84. The Kier molecular flexibility index (Phi) is 3.23. The average Bonchev–Trinajstić information content (AvgIpc) is 2.47. The number of hydrogen-bond donors (Lipinski definition) is 1. The van der Waals surface area contributed by atoms with Crippen LogP contribution in [-0.2, 0) is 15.4 Å². The monoisotopic (exact) mass is 251 g/mol. The highest BCUT2D eigenvalue weighted by molar-refractivity contribution is 7.91. The fourth-order valence-electron chi connectivity index (χ4n) is 1.05. The molecule has 0 spiro atoms. The molecule has 0 atom stereocenters. The summed E-state index contributed by atoms with van der Waals surface area (Å²) in [5, 5.41) is 4.90. The van der Waals surface area contributed by atoms with Crippen molar-refractivity contribution in [3.05, 3.63) is 16.8 Å². The van der Waals surface area contributed by atoms with Crippen molar-refractivity contribution in [2.75, 3.05) is 0 Å². The quantitative estimate of drug-likeness (QED) is 0.895. The second-order valence-corrected chi connectivity index (χ2v) is 6.84. The van der Waals surface area contributed by atoms with Gasteiger partial charge in [0.25, 0.3) is 10.0 Å². The fraction of sp³-hybridized carbons (Fsp3) is 0.556. The van der Waals surface area contributed by atoms with Crippen LogP contribution < -0.4 is 5.14 Å². The van der Waals surface area contributed by atoms with Crippen LogP contribution in [0.5, 0.6) is 0 Å². The first-order valence-electron chi connectivity index (χ1n) is 4.51. The molecule has 1 aromatic heterocycles. The molecule has 0 radical (unpaired) electrons. The summed E-state index contributed by atoms with van der Waals surface area (Å²) in [6.07, 6.45) is 0.803. The Morgan fingerprint density at radius 3 is 2.40 bits per heavy atom. The number of primary sulfonamides is 1. The Morgan fingerprint density at radius 2 is 2.07 bits per heavy atom. The van der Waals surface area contributed by atoms with Gasteiger partial charge in [-0.25, -0.2) is 17.9 Å². The van der Waals surface area contributed by atoms with E-state index < -0.39 is 15.8 Å². The standard InChI is InChI=1S/C9H14FNO2S2/c1-4-9(2,3)7-5-6(10)8(14-7)15(11,12)13/h5H,4H2,1-3H3,(H2,11,12,13). The van der Waals surface area contributed by atoms with Crippen molar-refractivity contribution in [1.29, 1.82) is 0 Å². The van der Waals surface area contributed by atoms with Gasteiger partial charge in [0.2, 0.25) is 0 Å². The molecule has 0 bridgehead atoms. The maximum absolute atomic E-state index is 13.3. The first kappa shape index (κ1) is 12.6. The van der Waals surface area contributed by atoms with Gasteiger partial charge in [0.15, 0.2) is 10.0 Å². The van der Waals surface area contributed by atoms with Crippen molar-refractivity contribution < 1.29 is 12.8 Å². The van der Waals surface area contributed by atoms with E-state index in [2.05, 4.69) is 0 Å². The summed E-state index contributed by atoms with van der Waals surface area (Å²) >= 11 is 0.910. The van der Waals surface area contributed by atoms with E-state index in [0.29, 0.717) is 4.88 Å². The third kappa shape index (κ3) is 2.56. The Hall–Kier alpha value is -0.460. The smallest absolute Gasteiger partial charge is 0.224 e. The van der Waals surface area contributed by atoms with Gasteiger partial charge < -0.3 is 0 Å². The molecule has 0 aliphatic rings. The maximum atomic E-state index is 13.3. The number of nitrogens with two attached hydrogens (primary N) is 1. The zero-order valence-electron chi connectivity index (χ0n) is 8.87. The van der Waals surface area contributed by atoms with Crippen LogP contribution in [0.15, 0.2) is 10.3 Å². The second kappa shape index (κ2) is 3.84. The highest BCUT2D eigenvalue weighted by Crippen LogP contribution is 2.35. The molecule has 0 saturated carbocycles. The molecule has 1 aromatic rings. The molecule has 0 aliphatic heterocycles. The van der Waals surface area contributed by atoms with E-state index in [-0.39, 0.29) is 9.62 Å². The Balaban J connectivity index is 3.30. The Bertz CT molecular complexity index is 462. The zero-order chi connectivity index (χ0) is 11.9. The van der Waals surface area contributed by atoms with Crippen molar-refractivity contribution in [2.45, 2.75) is 36.8 Å². The van der Waals surface area contributed by atoms with Gasteiger partial charge >= 0.3 is 0 Å². The van der Waals surface area contributed by atoms with Crippen LogP contribution in [0.1, 0.15) is 32.1 Å². The molecule has 0 fully saturated rings. The van der Waals surface area contributed by atoms with Crippen molar-refractivity contribution in [2.24, 2.45) is 5.14 Å². The molecular weight excluding hydrogens is 237 g/mol. The summed E-state index contributed by atoms with van der Waals surface area (Å²) < 4.78 is 35.0. The van der Waals surface area contributed by atoms with E-state index in [0.717, 1.165) is 17.8 Å². The molecule has 3 nitrogen and oxygen atoms in total. The lowest BCUT2D eigenvalue weighted by molar-refractivity contribution is 0.513. The van der Waals surface area contributed by atoms with E-state index in [1.165, 1.54) is 6.07 Å². The summed E-state index contributed by atoms with van der Waals surface area (Å²) in [7, 11) is -3.94. The first-order valence-corrected chi connectivity index (χ1v) is 6.87. The topological polar surface area (TPSA) is 60.2 Å². The van der Waals surface area contributed by atoms with Gasteiger partial charge in [-0.1, -0.05) is 20.8 Å². The van der Waals surface area contributed by atoms with Crippen molar-refractivity contribution in [3.8, 4) is 0 Å². The normalized spacial score (nSPS) is 13.1. The van der Waals surface area contributed by atoms with Crippen molar-refractivity contribution in [1.82, 2.24) is 0 Å². The SMILES string of the molecule is CCC(C)(C)c1cc(F)c(S(N)(=O)=O)s1. The van der Waals surface area contributed by atoms with Crippen LogP contribution in [0.25, 0.3) is 0 Å². The predicted octanol–water partition coefficient (Wildman–Crippen LogP) is 2.22. The van der Waals surface area contributed by atoms with Crippen LogP contribution in [0.4, 0.5) is 4.39 Å². The minimum Gasteiger partial charge on any atom is -0.224 e. The van der Waals surface area contributed by atoms with Crippen LogP contribution in [0.3, 0.4) is 0 Å². The molecular formula is C9H14FNO2S2. The summed E-state index contributed by atoms with van der Waals surface area (Å²) in [5.74, 6) is -0.751. The van der Waals surface area contributed by atoms with Crippen LogP contribution >= 0.6 is 11.3 Å². The van der Waals surface area contributed by atoms with Crippen LogP contribution in [0.2, 0.25) is 0 Å². The molecule has 15 heavy (non-hydrogen) atoms. The highest BCUT2D eigenvalue weighted by Gasteiger charge is 2.26. The molecule has 0 amide bonds. The van der Waals surface area contributed by atoms with E-state index in [1.807, 2.05) is 20.8 Å². The van der Waals surface area contributed by atoms with Gasteiger partial charge in [-0.15, -0.1) is 11.3 Å². The van der Waals surface area contributed by atoms with Crippen LogP contribution in [0, 0.1) is 5.82 Å². The second-order valence-electron chi connectivity index (χ2n) is 4.03. The minimum absolute atomic E-state index is 0.228. The third-order valence-electron chi connectivity index (χ3n) is 2.46. The molecule has 2 N–H and O–H groups in total. The van der Waals surface area contributed by atoms with E-state index >= 15 is 0 Å². The number of hydrogen-bond acceptors (Lipinski definition) is 3. The van der Waals surface area contributed by atoms with Gasteiger partial charge in [-0.05, 0) is 17.9 Å². The summed E-state index contributed by atoms with van der Waals surface area (Å²) in [4.78, 5) is 0.700. The third-order valence-corrected chi connectivity index (χ3v) is 5.39.